The fraction of sp³-hybridized carbons (Fsp3) is 0.333. The summed E-state index contributed by atoms with van der Waals surface area (Å²) < 4.78 is 11.9. The molecule has 2 heteroatoms. The molecule has 0 saturated heterocycles. The molecular weight excluding hydrogens is 127 g/mol. The fourth-order valence-corrected chi connectivity index (χ4v) is 0.400. The first-order valence-corrected chi connectivity index (χ1v) is 2.71. The van der Waals surface area contributed by atoms with Gasteiger partial charge in [0.15, 0.2) is 0 Å². The van der Waals surface area contributed by atoms with Crippen LogP contribution in [-0.2, 0) is 0 Å². The van der Waals surface area contributed by atoms with Crippen molar-refractivity contribution in [1.29, 1.82) is 0 Å². The maximum atomic E-state index is 11.9. The average Bonchev–Trinajstić information content (AvgIpc) is 1.67. The number of hydrogen-bond acceptors (Lipinski definition) is 0. The summed E-state index contributed by atoms with van der Waals surface area (Å²) >= 11 is 5.37. The van der Waals surface area contributed by atoms with Gasteiger partial charge in [0.1, 0.15) is 5.83 Å². The third-order valence-corrected chi connectivity index (χ3v) is 1.13. The SMILES string of the molecule is C=CCC(Cl)C(=C)F. The van der Waals surface area contributed by atoms with E-state index < -0.39 is 11.2 Å². The number of halogens is 2. The second kappa shape index (κ2) is 3.67. The molecule has 1 unspecified atom stereocenters. The van der Waals surface area contributed by atoms with E-state index in [1.54, 1.807) is 6.08 Å². The van der Waals surface area contributed by atoms with Crippen molar-refractivity contribution in [3.8, 4) is 0 Å². The standard InChI is InChI=1S/C6H8ClF/c1-3-4-6(7)5(2)8/h3,6H,1-2,4H2. The molecule has 0 aliphatic heterocycles. The first-order valence-electron chi connectivity index (χ1n) is 2.27. The molecule has 0 fully saturated rings. The first kappa shape index (κ1) is 7.70. The molecule has 0 radical (unpaired) electrons. The Bertz CT molecular complexity index is 98.7. The topological polar surface area (TPSA) is 0 Å². The molecule has 0 heterocycles. The number of alkyl halides is 1. The Morgan fingerprint density at radius 2 is 2.38 bits per heavy atom. The lowest BCUT2D eigenvalue weighted by atomic mass is 10.3. The van der Waals surface area contributed by atoms with E-state index in [2.05, 4.69) is 13.2 Å². The Morgan fingerprint density at radius 1 is 1.88 bits per heavy atom. The third-order valence-electron chi connectivity index (χ3n) is 0.713. The second-order valence-corrected chi connectivity index (χ2v) is 1.97. The molecule has 46 valence electrons. The lowest BCUT2D eigenvalue weighted by Crippen LogP contribution is -1.93. The van der Waals surface area contributed by atoms with Crippen LogP contribution in [-0.4, -0.2) is 5.38 Å². The summed E-state index contributed by atoms with van der Waals surface area (Å²) in [6.07, 6.45) is 2.00. The first-order chi connectivity index (χ1) is 3.68. The maximum Gasteiger partial charge on any atom is 0.111 e. The molecule has 0 amide bonds. The molecular formula is C6H8ClF. The van der Waals surface area contributed by atoms with E-state index in [1.807, 2.05) is 0 Å². The van der Waals surface area contributed by atoms with Crippen LogP contribution >= 0.6 is 11.6 Å². The zero-order valence-corrected chi connectivity index (χ0v) is 5.29. The minimum atomic E-state index is -0.590. The van der Waals surface area contributed by atoms with Gasteiger partial charge in [0.05, 0.1) is 5.38 Å². The number of allylic oxidation sites excluding steroid dienone is 2. The highest BCUT2D eigenvalue weighted by Crippen LogP contribution is 2.12. The van der Waals surface area contributed by atoms with Gasteiger partial charge in [0.25, 0.3) is 0 Å². The summed E-state index contributed by atoms with van der Waals surface area (Å²) in [5.41, 5.74) is 0. The van der Waals surface area contributed by atoms with Gasteiger partial charge in [0, 0.05) is 0 Å². The van der Waals surface area contributed by atoms with Crippen LogP contribution in [0.3, 0.4) is 0 Å². The van der Waals surface area contributed by atoms with Crippen LogP contribution in [0, 0.1) is 0 Å². The lowest BCUT2D eigenvalue weighted by Gasteiger charge is -1.98. The van der Waals surface area contributed by atoms with Crippen molar-refractivity contribution in [2.24, 2.45) is 0 Å². The van der Waals surface area contributed by atoms with Crippen LogP contribution in [0.1, 0.15) is 6.42 Å². The molecule has 0 aliphatic rings. The number of hydrogen-bond donors (Lipinski definition) is 0. The van der Waals surface area contributed by atoms with Gasteiger partial charge in [-0.3, -0.25) is 0 Å². The van der Waals surface area contributed by atoms with Gasteiger partial charge in [0.2, 0.25) is 0 Å². The van der Waals surface area contributed by atoms with Crippen molar-refractivity contribution in [2.45, 2.75) is 11.8 Å². The van der Waals surface area contributed by atoms with Crippen LogP contribution < -0.4 is 0 Å². The molecule has 1 atom stereocenters. The summed E-state index contributed by atoms with van der Waals surface area (Å²) in [5.74, 6) is -0.494. The average molecular weight is 135 g/mol. The number of rotatable bonds is 3. The van der Waals surface area contributed by atoms with Gasteiger partial charge in [-0.2, -0.15) is 0 Å². The van der Waals surface area contributed by atoms with Crippen molar-refractivity contribution in [3.05, 3.63) is 25.1 Å². The summed E-state index contributed by atoms with van der Waals surface area (Å²) in [7, 11) is 0. The Hall–Kier alpha value is -0.300. The molecule has 0 saturated carbocycles. The maximum absolute atomic E-state index is 11.9. The van der Waals surface area contributed by atoms with Gasteiger partial charge >= 0.3 is 0 Å². The highest BCUT2D eigenvalue weighted by Gasteiger charge is 2.03. The Balaban J connectivity index is 3.46. The molecule has 8 heavy (non-hydrogen) atoms. The van der Waals surface area contributed by atoms with Crippen LogP contribution in [0.25, 0.3) is 0 Å². The van der Waals surface area contributed by atoms with E-state index in [1.165, 1.54) is 0 Å². The molecule has 0 spiro atoms. The van der Waals surface area contributed by atoms with Gasteiger partial charge in [-0.05, 0) is 6.42 Å². The van der Waals surface area contributed by atoms with Crippen molar-refractivity contribution < 1.29 is 4.39 Å². The highest BCUT2D eigenvalue weighted by atomic mass is 35.5. The van der Waals surface area contributed by atoms with E-state index in [4.69, 9.17) is 11.6 Å². The molecule has 0 bridgehead atoms. The van der Waals surface area contributed by atoms with Gasteiger partial charge in [-0.1, -0.05) is 12.7 Å². The molecule has 0 aliphatic carbocycles. The van der Waals surface area contributed by atoms with Crippen molar-refractivity contribution in [2.75, 3.05) is 0 Å². The van der Waals surface area contributed by atoms with Crippen LogP contribution in [0.4, 0.5) is 4.39 Å². The van der Waals surface area contributed by atoms with Gasteiger partial charge in [-0.25, -0.2) is 4.39 Å². The minimum absolute atomic E-state index is 0.441. The van der Waals surface area contributed by atoms with Gasteiger partial charge < -0.3 is 0 Å². The Morgan fingerprint density at radius 3 is 2.50 bits per heavy atom. The monoisotopic (exact) mass is 134 g/mol. The molecule has 0 N–H and O–H groups in total. The molecule has 0 aromatic heterocycles. The van der Waals surface area contributed by atoms with E-state index in [-0.39, 0.29) is 0 Å². The molecule has 0 rings (SSSR count). The predicted octanol–water partition coefficient (Wildman–Crippen LogP) is 2.65. The van der Waals surface area contributed by atoms with Crippen molar-refractivity contribution in [3.63, 3.8) is 0 Å². The van der Waals surface area contributed by atoms with Crippen molar-refractivity contribution in [1.82, 2.24) is 0 Å². The molecule has 0 aromatic rings. The van der Waals surface area contributed by atoms with E-state index in [9.17, 15) is 4.39 Å². The van der Waals surface area contributed by atoms with Crippen LogP contribution in [0.5, 0.6) is 0 Å². The summed E-state index contributed by atoms with van der Waals surface area (Å²) in [4.78, 5) is 0. The van der Waals surface area contributed by atoms with E-state index in [0.29, 0.717) is 6.42 Å². The largest absolute Gasteiger partial charge is 0.211 e. The highest BCUT2D eigenvalue weighted by molar-refractivity contribution is 6.22. The third kappa shape index (κ3) is 2.80. The van der Waals surface area contributed by atoms with Crippen molar-refractivity contribution >= 4 is 11.6 Å². The quantitative estimate of drug-likeness (QED) is 0.411. The predicted molar refractivity (Wildman–Crippen MR) is 34.7 cm³/mol. The normalized spacial score (nSPS) is 12.8. The van der Waals surface area contributed by atoms with Crippen LogP contribution in [0.15, 0.2) is 25.1 Å². The van der Waals surface area contributed by atoms with Gasteiger partial charge in [-0.15, -0.1) is 18.2 Å². The summed E-state index contributed by atoms with van der Waals surface area (Å²) in [6, 6.07) is 0. The fourth-order valence-electron chi connectivity index (χ4n) is 0.274. The second-order valence-electron chi connectivity index (χ2n) is 1.44. The van der Waals surface area contributed by atoms with E-state index in [0.717, 1.165) is 0 Å². The van der Waals surface area contributed by atoms with Crippen LogP contribution in [0.2, 0.25) is 0 Å². The minimum Gasteiger partial charge on any atom is -0.211 e. The summed E-state index contributed by atoms with van der Waals surface area (Å²) in [5, 5.41) is -0.590. The molecule has 0 nitrogen and oxygen atoms in total. The smallest absolute Gasteiger partial charge is 0.111 e. The van der Waals surface area contributed by atoms with E-state index >= 15 is 0 Å². The Kier molecular flexibility index (Phi) is 3.53. The molecule has 0 aromatic carbocycles. The zero-order chi connectivity index (χ0) is 6.57. The lowest BCUT2D eigenvalue weighted by molar-refractivity contribution is 0.600. The summed E-state index contributed by atoms with van der Waals surface area (Å²) in [6.45, 7) is 6.42. The zero-order valence-electron chi connectivity index (χ0n) is 4.53. The Labute approximate surface area is 53.7 Å².